The van der Waals surface area contributed by atoms with Crippen LogP contribution in [0.2, 0.25) is 0 Å². The molecular formula is C21H16N4O5. The minimum atomic E-state index is -0.507. The SMILES string of the molecule is Cc1cc(NC(=O)c2c[nH]c3ccc([N+](=O)[O-])cc23)ccc1NC(=O)c1ccco1. The van der Waals surface area contributed by atoms with Crippen molar-refractivity contribution in [3.63, 3.8) is 0 Å². The number of nitrogens with one attached hydrogen (secondary N) is 3. The first-order valence-electron chi connectivity index (χ1n) is 8.95. The maximum Gasteiger partial charge on any atom is 0.291 e. The lowest BCUT2D eigenvalue weighted by Gasteiger charge is -2.10. The van der Waals surface area contributed by atoms with Crippen LogP contribution in [0.15, 0.2) is 65.4 Å². The molecule has 0 radical (unpaired) electrons. The molecule has 4 rings (SSSR count). The largest absolute Gasteiger partial charge is 0.459 e. The zero-order valence-electron chi connectivity index (χ0n) is 15.8. The van der Waals surface area contributed by atoms with Gasteiger partial charge in [0.2, 0.25) is 0 Å². The number of carbonyl (C=O) groups excluding carboxylic acids is 2. The van der Waals surface area contributed by atoms with Crippen molar-refractivity contribution in [1.29, 1.82) is 0 Å². The van der Waals surface area contributed by atoms with Crippen molar-refractivity contribution in [2.45, 2.75) is 6.92 Å². The van der Waals surface area contributed by atoms with Gasteiger partial charge in [-0.2, -0.15) is 0 Å². The number of aryl methyl sites for hydroxylation is 1. The number of non-ortho nitro benzene ring substituents is 1. The van der Waals surface area contributed by atoms with Gasteiger partial charge in [0, 0.05) is 40.6 Å². The van der Waals surface area contributed by atoms with E-state index in [2.05, 4.69) is 15.6 Å². The summed E-state index contributed by atoms with van der Waals surface area (Å²) in [4.78, 5) is 38.3. The van der Waals surface area contributed by atoms with Crippen LogP contribution in [0.1, 0.15) is 26.5 Å². The van der Waals surface area contributed by atoms with Crippen molar-refractivity contribution >= 4 is 39.8 Å². The number of benzene rings is 2. The molecule has 150 valence electrons. The summed E-state index contributed by atoms with van der Waals surface area (Å²) in [5.41, 5.74) is 2.66. The molecule has 4 aromatic rings. The number of fused-ring (bicyclic) bond motifs is 1. The van der Waals surface area contributed by atoms with Crippen molar-refractivity contribution < 1.29 is 18.9 Å². The number of furan rings is 1. The number of H-pyrrole nitrogens is 1. The van der Waals surface area contributed by atoms with Gasteiger partial charge in [-0.25, -0.2) is 0 Å². The Kier molecular flexibility index (Phi) is 4.77. The van der Waals surface area contributed by atoms with Crippen molar-refractivity contribution in [2.75, 3.05) is 10.6 Å². The number of rotatable bonds is 5. The van der Waals surface area contributed by atoms with E-state index in [1.807, 2.05) is 0 Å². The van der Waals surface area contributed by atoms with Crippen molar-refractivity contribution in [3.05, 3.63) is 88.0 Å². The molecule has 2 amide bonds. The van der Waals surface area contributed by atoms with Crippen LogP contribution < -0.4 is 10.6 Å². The quantitative estimate of drug-likeness (QED) is 0.333. The van der Waals surface area contributed by atoms with Gasteiger partial charge in [0.05, 0.1) is 16.7 Å². The number of nitrogens with zero attached hydrogens (tertiary/aromatic N) is 1. The molecule has 0 fully saturated rings. The summed E-state index contributed by atoms with van der Waals surface area (Å²) in [6.45, 7) is 1.79. The average Bonchev–Trinajstić information content (AvgIpc) is 3.39. The molecule has 0 aliphatic heterocycles. The number of hydrogen-bond acceptors (Lipinski definition) is 5. The van der Waals surface area contributed by atoms with E-state index in [-0.39, 0.29) is 17.4 Å². The summed E-state index contributed by atoms with van der Waals surface area (Å²) >= 11 is 0. The van der Waals surface area contributed by atoms with Crippen LogP contribution in [-0.4, -0.2) is 21.7 Å². The third kappa shape index (κ3) is 3.63. The van der Waals surface area contributed by atoms with Gasteiger partial charge in [0.1, 0.15) is 0 Å². The van der Waals surface area contributed by atoms with Crippen molar-refractivity contribution in [3.8, 4) is 0 Å². The Labute approximate surface area is 169 Å². The third-order valence-electron chi connectivity index (χ3n) is 4.60. The van der Waals surface area contributed by atoms with E-state index in [1.165, 1.54) is 24.6 Å². The molecule has 2 aromatic heterocycles. The van der Waals surface area contributed by atoms with Crippen molar-refractivity contribution in [2.24, 2.45) is 0 Å². The fourth-order valence-electron chi connectivity index (χ4n) is 3.08. The highest BCUT2D eigenvalue weighted by Crippen LogP contribution is 2.25. The summed E-state index contributed by atoms with van der Waals surface area (Å²) in [6.07, 6.45) is 2.92. The Bertz CT molecular complexity index is 1270. The first-order valence-corrected chi connectivity index (χ1v) is 8.95. The first kappa shape index (κ1) is 18.9. The number of aromatic amines is 1. The first-order chi connectivity index (χ1) is 14.4. The van der Waals surface area contributed by atoms with E-state index >= 15 is 0 Å². The van der Waals surface area contributed by atoms with Crippen molar-refractivity contribution in [1.82, 2.24) is 4.98 Å². The lowest BCUT2D eigenvalue weighted by Crippen LogP contribution is -2.13. The second-order valence-corrected chi connectivity index (χ2v) is 6.60. The molecule has 0 saturated carbocycles. The predicted molar refractivity (Wildman–Crippen MR) is 111 cm³/mol. The Morgan fingerprint density at radius 1 is 1.07 bits per heavy atom. The fourth-order valence-corrected chi connectivity index (χ4v) is 3.08. The number of amides is 2. The maximum atomic E-state index is 12.7. The Balaban J connectivity index is 1.53. The Hall–Kier alpha value is -4.40. The summed E-state index contributed by atoms with van der Waals surface area (Å²) in [6, 6.07) is 12.5. The van der Waals surface area contributed by atoms with Crippen LogP contribution >= 0.6 is 0 Å². The van der Waals surface area contributed by atoms with Crippen LogP contribution in [0.5, 0.6) is 0 Å². The van der Waals surface area contributed by atoms with E-state index in [9.17, 15) is 19.7 Å². The van der Waals surface area contributed by atoms with E-state index in [0.29, 0.717) is 27.8 Å². The van der Waals surface area contributed by atoms with E-state index in [0.717, 1.165) is 5.56 Å². The van der Waals surface area contributed by atoms with Gasteiger partial charge in [0.25, 0.3) is 17.5 Å². The summed E-state index contributed by atoms with van der Waals surface area (Å²) in [5, 5.41) is 17.0. The normalized spacial score (nSPS) is 10.7. The van der Waals surface area contributed by atoms with Crippen LogP contribution in [-0.2, 0) is 0 Å². The van der Waals surface area contributed by atoms with Gasteiger partial charge in [0.15, 0.2) is 5.76 Å². The van der Waals surface area contributed by atoms with Crippen LogP contribution in [0.25, 0.3) is 10.9 Å². The van der Waals surface area contributed by atoms with Crippen LogP contribution in [0, 0.1) is 17.0 Å². The second-order valence-electron chi connectivity index (χ2n) is 6.60. The minimum absolute atomic E-state index is 0.0938. The molecule has 0 saturated heterocycles. The van der Waals surface area contributed by atoms with E-state index in [4.69, 9.17) is 4.42 Å². The molecule has 0 spiro atoms. The third-order valence-corrected chi connectivity index (χ3v) is 4.60. The Morgan fingerprint density at radius 3 is 2.60 bits per heavy atom. The number of hydrogen-bond donors (Lipinski definition) is 3. The van der Waals surface area contributed by atoms with Gasteiger partial charge in [-0.1, -0.05) is 0 Å². The molecule has 0 aliphatic carbocycles. The highest BCUT2D eigenvalue weighted by atomic mass is 16.6. The monoisotopic (exact) mass is 404 g/mol. The number of anilines is 2. The topological polar surface area (TPSA) is 130 Å². The summed E-state index contributed by atoms with van der Waals surface area (Å²) in [5.74, 6) is -0.589. The maximum absolute atomic E-state index is 12.7. The van der Waals surface area contributed by atoms with Gasteiger partial charge in [-0.05, 0) is 48.9 Å². The highest BCUT2D eigenvalue weighted by molar-refractivity contribution is 6.13. The molecule has 2 aromatic carbocycles. The fraction of sp³-hybridized carbons (Fsp3) is 0.0476. The summed E-state index contributed by atoms with van der Waals surface area (Å²) in [7, 11) is 0. The molecule has 0 atom stereocenters. The number of aromatic nitrogens is 1. The zero-order valence-corrected chi connectivity index (χ0v) is 15.8. The average molecular weight is 404 g/mol. The molecule has 30 heavy (non-hydrogen) atoms. The highest BCUT2D eigenvalue weighted by Gasteiger charge is 2.16. The van der Waals surface area contributed by atoms with Crippen LogP contribution in [0.3, 0.4) is 0 Å². The lowest BCUT2D eigenvalue weighted by molar-refractivity contribution is -0.384. The molecule has 0 unspecified atom stereocenters. The molecule has 0 aliphatic rings. The van der Waals surface area contributed by atoms with Gasteiger partial charge in [-0.3, -0.25) is 19.7 Å². The number of nitro benzene ring substituents is 1. The lowest BCUT2D eigenvalue weighted by atomic mass is 10.1. The smallest absolute Gasteiger partial charge is 0.291 e. The van der Waals surface area contributed by atoms with E-state index in [1.54, 1.807) is 43.3 Å². The predicted octanol–water partition coefficient (Wildman–Crippen LogP) is 4.48. The zero-order chi connectivity index (χ0) is 21.3. The molecule has 9 nitrogen and oxygen atoms in total. The molecule has 9 heteroatoms. The van der Waals surface area contributed by atoms with E-state index < -0.39 is 10.8 Å². The summed E-state index contributed by atoms with van der Waals surface area (Å²) < 4.78 is 5.07. The van der Waals surface area contributed by atoms with Gasteiger partial charge in [-0.15, -0.1) is 0 Å². The number of carbonyl (C=O) groups is 2. The van der Waals surface area contributed by atoms with Crippen LogP contribution in [0.4, 0.5) is 17.1 Å². The Morgan fingerprint density at radius 2 is 1.90 bits per heavy atom. The molecule has 2 heterocycles. The minimum Gasteiger partial charge on any atom is -0.459 e. The molecular weight excluding hydrogens is 388 g/mol. The molecule has 0 bridgehead atoms. The standard InChI is InChI=1S/C21H16N4O5/c1-12-9-13(4-6-17(12)24-21(27)19-3-2-8-30-19)23-20(26)16-11-22-18-7-5-14(25(28)29)10-15(16)18/h2-11,22H,1H3,(H,23,26)(H,24,27). The van der Waals surface area contributed by atoms with Gasteiger partial charge >= 0.3 is 0 Å². The number of nitro groups is 1. The molecule has 3 N–H and O–H groups in total. The second kappa shape index (κ2) is 7.55. The van der Waals surface area contributed by atoms with Gasteiger partial charge < -0.3 is 20.0 Å².